The van der Waals surface area contributed by atoms with Crippen LogP contribution in [0.15, 0.2) is 18.3 Å². The first-order chi connectivity index (χ1) is 7.16. The van der Waals surface area contributed by atoms with E-state index in [0.717, 1.165) is 5.69 Å². The highest BCUT2D eigenvalue weighted by Gasteiger charge is 2.30. The van der Waals surface area contributed by atoms with Crippen molar-refractivity contribution in [1.29, 1.82) is 0 Å². The Morgan fingerprint density at radius 1 is 1.73 bits per heavy atom. The Morgan fingerprint density at radius 3 is 3.13 bits per heavy atom. The fourth-order valence-electron chi connectivity index (χ4n) is 1.83. The van der Waals surface area contributed by atoms with Gasteiger partial charge in [0.1, 0.15) is 0 Å². The van der Waals surface area contributed by atoms with E-state index < -0.39 is 0 Å². The molecule has 2 rings (SSSR count). The smallest absolute Gasteiger partial charge is 0.318 e. The number of nitrogens with zero attached hydrogens (tertiary/aromatic N) is 1. The summed E-state index contributed by atoms with van der Waals surface area (Å²) in [6, 6.07) is 3.94. The lowest BCUT2D eigenvalue weighted by molar-refractivity contribution is 0.215. The molecule has 2 heterocycles. The molecule has 1 fully saturated rings. The van der Waals surface area contributed by atoms with E-state index in [-0.39, 0.29) is 18.1 Å². The number of aromatic nitrogens is 1. The number of H-pyrrole nitrogens is 1. The Bertz CT molecular complexity index is 333. The molecule has 0 bridgehead atoms. The second-order valence-electron chi connectivity index (χ2n) is 4.01. The maximum atomic E-state index is 11.6. The number of hydrogen-bond acceptors (Lipinski definition) is 2. The van der Waals surface area contributed by atoms with Gasteiger partial charge in [0.2, 0.25) is 0 Å². The largest absolute Gasteiger partial charge is 0.363 e. The molecule has 4 N–H and O–H groups in total. The molecule has 5 heteroatoms. The molecule has 1 aromatic rings. The van der Waals surface area contributed by atoms with Crippen LogP contribution in [0.25, 0.3) is 0 Å². The van der Waals surface area contributed by atoms with Gasteiger partial charge < -0.3 is 20.9 Å². The Hall–Kier alpha value is -1.49. The van der Waals surface area contributed by atoms with E-state index in [0.29, 0.717) is 13.1 Å². The van der Waals surface area contributed by atoms with E-state index in [1.54, 1.807) is 4.90 Å². The van der Waals surface area contributed by atoms with E-state index in [2.05, 4.69) is 10.3 Å². The van der Waals surface area contributed by atoms with Gasteiger partial charge in [-0.15, -0.1) is 0 Å². The van der Waals surface area contributed by atoms with Gasteiger partial charge in [-0.25, -0.2) is 4.79 Å². The number of urea groups is 1. The van der Waals surface area contributed by atoms with Crippen LogP contribution in [0.5, 0.6) is 0 Å². The van der Waals surface area contributed by atoms with Crippen molar-refractivity contribution in [2.24, 2.45) is 5.73 Å². The van der Waals surface area contributed by atoms with Crippen molar-refractivity contribution in [1.82, 2.24) is 15.2 Å². The van der Waals surface area contributed by atoms with Gasteiger partial charge in [0.05, 0.1) is 6.04 Å². The number of nitrogens with two attached hydrogens (primary N) is 1. The molecule has 1 aromatic heterocycles. The number of nitrogens with one attached hydrogen (secondary N) is 2. The summed E-state index contributed by atoms with van der Waals surface area (Å²) in [6.45, 7) is 3.18. The molecule has 0 radical (unpaired) electrons. The van der Waals surface area contributed by atoms with Crippen molar-refractivity contribution < 1.29 is 4.79 Å². The molecular formula is C10H16N4O. The molecule has 1 aliphatic heterocycles. The fraction of sp³-hybridized carbons (Fsp3) is 0.500. The third-order valence-corrected chi connectivity index (χ3v) is 2.49. The number of aromatic amines is 1. The van der Waals surface area contributed by atoms with Crippen LogP contribution in [0.1, 0.15) is 18.7 Å². The minimum atomic E-state index is -0.0353. The summed E-state index contributed by atoms with van der Waals surface area (Å²) in [5, 5.41) is 2.91. The van der Waals surface area contributed by atoms with Gasteiger partial charge in [0, 0.05) is 31.0 Å². The summed E-state index contributed by atoms with van der Waals surface area (Å²) < 4.78 is 0. The Labute approximate surface area is 88.6 Å². The predicted molar refractivity (Wildman–Crippen MR) is 57.3 cm³/mol. The van der Waals surface area contributed by atoms with E-state index in [1.165, 1.54) is 0 Å². The topological polar surface area (TPSA) is 74.2 Å². The molecule has 0 saturated carbocycles. The fourth-order valence-corrected chi connectivity index (χ4v) is 1.83. The Kier molecular flexibility index (Phi) is 2.64. The third-order valence-electron chi connectivity index (χ3n) is 2.49. The average Bonchev–Trinajstić information content (AvgIpc) is 2.75. The molecule has 0 aliphatic carbocycles. The van der Waals surface area contributed by atoms with E-state index >= 15 is 0 Å². The van der Waals surface area contributed by atoms with Crippen LogP contribution in [0, 0.1) is 0 Å². The van der Waals surface area contributed by atoms with E-state index in [9.17, 15) is 4.79 Å². The zero-order valence-corrected chi connectivity index (χ0v) is 8.73. The zero-order valence-electron chi connectivity index (χ0n) is 8.73. The van der Waals surface area contributed by atoms with Crippen LogP contribution in [-0.2, 0) is 0 Å². The summed E-state index contributed by atoms with van der Waals surface area (Å²) in [7, 11) is 0. The summed E-state index contributed by atoms with van der Waals surface area (Å²) in [5.41, 5.74) is 6.71. The first-order valence-electron chi connectivity index (χ1n) is 5.11. The molecule has 0 spiro atoms. The highest BCUT2D eigenvalue weighted by molar-refractivity contribution is 5.77. The second-order valence-corrected chi connectivity index (χ2v) is 4.01. The normalized spacial score (nSPS) is 22.9. The molecule has 2 atom stereocenters. The SMILES string of the molecule is CC(N)CN1CC(c2ccc[nH]2)NC1=O. The Morgan fingerprint density at radius 2 is 2.53 bits per heavy atom. The van der Waals surface area contributed by atoms with Crippen molar-refractivity contribution >= 4 is 6.03 Å². The maximum Gasteiger partial charge on any atom is 0.318 e. The monoisotopic (exact) mass is 208 g/mol. The molecule has 2 amide bonds. The molecule has 0 aromatic carbocycles. The highest BCUT2D eigenvalue weighted by Crippen LogP contribution is 2.18. The molecule has 1 saturated heterocycles. The third kappa shape index (κ3) is 2.12. The van der Waals surface area contributed by atoms with Crippen LogP contribution in [-0.4, -0.2) is 35.0 Å². The molecule has 1 aliphatic rings. The van der Waals surface area contributed by atoms with Crippen molar-refractivity contribution in [3.05, 3.63) is 24.0 Å². The first-order valence-corrected chi connectivity index (χ1v) is 5.11. The number of carbonyl (C=O) groups is 1. The Balaban J connectivity index is 2.01. The molecule has 5 nitrogen and oxygen atoms in total. The van der Waals surface area contributed by atoms with Crippen LogP contribution < -0.4 is 11.1 Å². The summed E-state index contributed by atoms with van der Waals surface area (Å²) in [6.07, 6.45) is 1.86. The predicted octanol–water partition coefficient (Wildman–Crippen LogP) is 0.428. The van der Waals surface area contributed by atoms with Gasteiger partial charge >= 0.3 is 6.03 Å². The summed E-state index contributed by atoms with van der Waals surface area (Å²) >= 11 is 0. The quantitative estimate of drug-likeness (QED) is 0.673. The van der Waals surface area contributed by atoms with Crippen LogP contribution in [0.2, 0.25) is 0 Å². The van der Waals surface area contributed by atoms with Gasteiger partial charge in [-0.1, -0.05) is 0 Å². The molecule has 2 unspecified atom stereocenters. The minimum Gasteiger partial charge on any atom is -0.363 e. The van der Waals surface area contributed by atoms with Crippen molar-refractivity contribution in [3.63, 3.8) is 0 Å². The maximum absolute atomic E-state index is 11.6. The number of carbonyl (C=O) groups excluding carboxylic acids is 1. The van der Waals surface area contributed by atoms with Gasteiger partial charge in [-0.3, -0.25) is 0 Å². The van der Waals surface area contributed by atoms with Crippen molar-refractivity contribution in [2.75, 3.05) is 13.1 Å². The van der Waals surface area contributed by atoms with Gasteiger partial charge in [0.15, 0.2) is 0 Å². The lowest BCUT2D eigenvalue weighted by Gasteiger charge is -2.16. The summed E-state index contributed by atoms with van der Waals surface area (Å²) in [4.78, 5) is 16.4. The van der Waals surface area contributed by atoms with E-state index in [4.69, 9.17) is 5.73 Å². The number of amides is 2. The molecule has 82 valence electrons. The first kappa shape index (κ1) is 10.0. The van der Waals surface area contributed by atoms with Crippen molar-refractivity contribution in [3.8, 4) is 0 Å². The van der Waals surface area contributed by atoms with Gasteiger partial charge in [-0.2, -0.15) is 0 Å². The lowest BCUT2D eigenvalue weighted by Crippen LogP contribution is -2.37. The highest BCUT2D eigenvalue weighted by atomic mass is 16.2. The number of hydrogen-bond donors (Lipinski definition) is 3. The lowest BCUT2D eigenvalue weighted by atomic mass is 10.2. The molecule has 15 heavy (non-hydrogen) atoms. The zero-order chi connectivity index (χ0) is 10.8. The standard InChI is InChI=1S/C10H16N4O/c1-7(11)5-14-6-9(13-10(14)15)8-3-2-4-12-8/h2-4,7,9,12H,5-6,11H2,1H3,(H,13,15). The number of rotatable bonds is 3. The van der Waals surface area contributed by atoms with Crippen LogP contribution in [0.4, 0.5) is 4.79 Å². The van der Waals surface area contributed by atoms with Crippen LogP contribution in [0.3, 0.4) is 0 Å². The van der Waals surface area contributed by atoms with Gasteiger partial charge in [-0.05, 0) is 19.1 Å². The minimum absolute atomic E-state index is 0.0122. The summed E-state index contributed by atoms with van der Waals surface area (Å²) in [5.74, 6) is 0. The van der Waals surface area contributed by atoms with Crippen LogP contribution >= 0.6 is 0 Å². The second kappa shape index (κ2) is 3.94. The van der Waals surface area contributed by atoms with Gasteiger partial charge in [0.25, 0.3) is 0 Å². The van der Waals surface area contributed by atoms with Crippen molar-refractivity contribution in [2.45, 2.75) is 19.0 Å². The van der Waals surface area contributed by atoms with E-state index in [1.807, 2.05) is 25.3 Å². The molecular weight excluding hydrogens is 192 g/mol. The average molecular weight is 208 g/mol.